The Hall–Kier alpha value is -2.45. The molecule has 4 heterocycles. The van der Waals surface area contributed by atoms with E-state index in [1.807, 2.05) is 0 Å². The molecule has 0 aliphatic carbocycles. The lowest BCUT2D eigenvalue weighted by Gasteiger charge is -2.40. The van der Waals surface area contributed by atoms with Crippen LogP contribution in [-0.4, -0.2) is 52.4 Å². The molecular weight excluding hydrogens is 509 g/mol. The highest BCUT2D eigenvalue weighted by Crippen LogP contribution is 2.43. The van der Waals surface area contributed by atoms with Gasteiger partial charge in [0.05, 0.1) is 23.6 Å². The summed E-state index contributed by atoms with van der Waals surface area (Å²) in [6, 6.07) is 22.1. The van der Waals surface area contributed by atoms with Gasteiger partial charge in [-0.05, 0) is 37.0 Å². The Labute approximate surface area is 234 Å². The quantitative estimate of drug-likeness (QED) is 0.185. The SMILES string of the molecule is CCCSc1nc(N2CCN(C(c3ccccc3)c3ccccc3)CC2)c2c3c(sc2n1)COC(C)(C)C3. The predicted molar refractivity (Wildman–Crippen MR) is 160 cm³/mol. The van der Waals surface area contributed by atoms with Crippen LogP contribution in [0, 0.1) is 0 Å². The Kier molecular flexibility index (Phi) is 7.45. The summed E-state index contributed by atoms with van der Waals surface area (Å²) in [6.45, 7) is 11.1. The van der Waals surface area contributed by atoms with Crippen molar-refractivity contribution in [3.8, 4) is 0 Å². The number of nitrogens with zero attached hydrogens (tertiary/aromatic N) is 4. The smallest absolute Gasteiger partial charge is 0.190 e. The Morgan fingerprint density at radius 2 is 1.61 bits per heavy atom. The molecule has 2 aliphatic heterocycles. The zero-order valence-electron chi connectivity index (χ0n) is 22.5. The minimum absolute atomic E-state index is 0.162. The second-order valence-corrected chi connectivity index (χ2v) is 13.0. The van der Waals surface area contributed by atoms with E-state index < -0.39 is 0 Å². The van der Waals surface area contributed by atoms with E-state index in [4.69, 9.17) is 14.7 Å². The number of piperazine rings is 1. The summed E-state index contributed by atoms with van der Waals surface area (Å²) < 4.78 is 6.16. The first-order valence-corrected chi connectivity index (χ1v) is 15.5. The van der Waals surface area contributed by atoms with Gasteiger partial charge < -0.3 is 9.64 Å². The number of hydrogen-bond acceptors (Lipinski definition) is 7. The average Bonchev–Trinajstić information content (AvgIpc) is 3.30. The number of thioether (sulfide) groups is 1. The average molecular weight is 545 g/mol. The summed E-state index contributed by atoms with van der Waals surface area (Å²) in [4.78, 5) is 17.8. The summed E-state index contributed by atoms with van der Waals surface area (Å²) in [5, 5.41) is 2.17. The maximum atomic E-state index is 6.16. The molecule has 0 bridgehead atoms. The van der Waals surface area contributed by atoms with Crippen LogP contribution < -0.4 is 4.90 Å². The highest BCUT2D eigenvalue weighted by atomic mass is 32.2. The van der Waals surface area contributed by atoms with E-state index in [-0.39, 0.29) is 11.6 Å². The molecule has 0 N–H and O–H groups in total. The largest absolute Gasteiger partial charge is 0.370 e. The molecule has 2 aromatic heterocycles. The highest BCUT2D eigenvalue weighted by molar-refractivity contribution is 7.99. The fraction of sp³-hybridized carbons (Fsp3) is 0.419. The molecule has 5 nitrogen and oxygen atoms in total. The maximum absolute atomic E-state index is 6.16. The molecule has 198 valence electrons. The van der Waals surface area contributed by atoms with Gasteiger partial charge in [0.25, 0.3) is 0 Å². The highest BCUT2D eigenvalue weighted by Gasteiger charge is 2.33. The van der Waals surface area contributed by atoms with Crippen LogP contribution in [0.1, 0.15) is 54.8 Å². The number of anilines is 1. The van der Waals surface area contributed by atoms with Gasteiger partial charge >= 0.3 is 0 Å². The first kappa shape index (κ1) is 25.8. The molecular formula is C31H36N4OS2. The molecule has 1 fully saturated rings. The molecule has 2 aliphatic rings. The molecule has 1 saturated heterocycles. The Morgan fingerprint density at radius 3 is 2.24 bits per heavy atom. The minimum Gasteiger partial charge on any atom is -0.370 e. The van der Waals surface area contributed by atoms with Crippen LogP contribution in [0.25, 0.3) is 10.2 Å². The maximum Gasteiger partial charge on any atom is 0.190 e. The Morgan fingerprint density at radius 1 is 0.947 bits per heavy atom. The third-order valence-corrected chi connectivity index (χ3v) is 9.69. The molecule has 0 radical (unpaired) electrons. The number of rotatable bonds is 7. The second-order valence-electron chi connectivity index (χ2n) is 10.8. The van der Waals surface area contributed by atoms with Gasteiger partial charge in [-0.3, -0.25) is 4.90 Å². The van der Waals surface area contributed by atoms with E-state index >= 15 is 0 Å². The van der Waals surface area contributed by atoms with Crippen molar-refractivity contribution in [2.75, 3.05) is 36.8 Å². The number of thiophene rings is 1. The molecule has 0 unspecified atom stereocenters. The van der Waals surface area contributed by atoms with Crippen LogP contribution >= 0.6 is 23.1 Å². The molecule has 0 saturated carbocycles. The fourth-order valence-electron chi connectivity index (χ4n) is 5.67. The van der Waals surface area contributed by atoms with E-state index in [9.17, 15) is 0 Å². The summed E-state index contributed by atoms with van der Waals surface area (Å²) in [5.41, 5.74) is 3.94. The Balaban J connectivity index is 1.32. The van der Waals surface area contributed by atoms with Crippen LogP contribution in [0.2, 0.25) is 0 Å². The first-order valence-electron chi connectivity index (χ1n) is 13.7. The van der Waals surface area contributed by atoms with Crippen molar-refractivity contribution in [3.05, 3.63) is 82.2 Å². The van der Waals surface area contributed by atoms with Gasteiger partial charge in [0.15, 0.2) is 5.16 Å². The van der Waals surface area contributed by atoms with Gasteiger partial charge in [-0.25, -0.2) is 9.97 Å². The molecule has 0 spiro atoms. The molecule has 4 aromatic rings. The van der Waals surface area contributed by atoms with E-state index in [0.717, 1.165) is 60.6 Å². The van der Waals surface area contributed by atoms with Gasteiger partial charge in [0, 0.05) is 43.2 Å². The molecule has 6 rings (SSSR count). The number of fused-ring (bicyclic) bond motifs is 3. The van der Waals surface area contributed by atoms with Crippen LogP contribution in [0.3, 0.4) is 0 Å². The number of aromatic nitrogens is 2. The van der Waals surface area contributed by atoms with Gasteiger partial charge in [0.2, 0.25) is 0 Å². The lowest BCUT2D eigenvalue weighted by Crippen LogP contribution is -2.48. The summed E-state index contributed by atoms with van der Waals surface area (Å²) in [6.07, 6.45) is 2.02. The van der Waals surface area contributed by atoms with Crippen molar-refractivity contribution in [2.45, 2.75) is 57.0 Å². The van der Waals surface area contributed by atoms with Gasteiger partial charge in [-0.1, -0.05) is 79.3 Å². The lowest BCUT2D eigenvalue weighted by molar-refractivity contribution is -0.0379. The van der Waals surface area contributed by atoms with E-state index in [0.29, 0.717) is 6.61 Å². The number of ether oxygens (including phenoxy) is 1. The Bertz CT molecular complexity index is 1340. The monoisotopic (exact) mass is 544 g/mol. The van der Waals surface area contributed by atoms with Crippen molar-refractivity contribution in [1.29, 1.82) is 0 Å². The molecule has 7 heteroatoms. The molecule has 2 aromatic carbocycles. The zero-order valence-corrected chi connectivity index (χ0v) is 24.2. The van der Waals surface area contributed by atoms with Crippen LogP contribution in [0.15, 0.2) is 65.8 Å². The normalized spacial score (nSPS) is 17.7. The fourth-order valence-corrected chi connectivity index (χ4v) is 7.52. The van der Waals surface area contributed by atoms with Crippen molar-refractivity contribution < 1.29 is 4.74 Å². The van der Waals surface area contributed by atoms with Crippen LogP contribution in [0.5, 0.6) is 0 Å². The predicted octanol–water partition coefficient (Wildman–Crippen LogP) is 6.96. The summed E-state index contributed by atoms with van der Waals surface area (Å²) >= 11 is 3.57. The topological polar surface area (TPSA) is 41.5 Å². The third-order valence-electron chi connectivity index (χ3n) is 7.54. The van der Waals surface area contributed by atoms with E-state index in [2.05, 4.69) is 91.2 Å². The van der Waals surface area contributed by atoms with Gasteiger partial charge in [-0.2, -0.15) is 0 Å². The zero-order chi connectivity index (χ0) is 26.1. The number of benzene rings is 2. The van der Waals surface area contributed by atoms with Crippen LogP contribution in [0.4, 0.5) is 5.82 Å². The summed E-state index contributed by atoms with van der Waals surface area (Å²) in [5.74, 6) is 2.16. The summed E-state index contributed by atoms with van der Waals surface area (Å²) in [7, 11) is 0. The molecule has 38 heavy (non-hydrogen) atoms. The van der Waals surface area contributed by atoms with Crippen LogP contribution in [-0.2, 0) is 17.8 Å². The van der Waals surface area contributed by atoms with Gasteiger partial charge in [-0.15, -0.1) is 11.3 Å². The van der Waals surface area contributed by atoms with Crippen molar-refractivity contribution in [2.24, 2.45) is 0 Å². The molecule has 0 atom stereocenters. The van der Waals surface area contributed by atoms with Gasteiger partial charge in [0.1, 0.15) is 10.6 Å². The third kappa shape index (κ3) is 5.22. The van der Waals surface area contributed by atoms with Crippen molar-refractivity contribution >= 4 is 39.1 Å². The number of hydrogen-bond donors (Lipinski definition) is 0. The standard InChI is InChI=1S/C31H36N4OS2/c1-4-19-37-30-32-28(26-24-20-31(2,3)36-21-25(24)38-29(26)33-30)35-17-15-34(16-18-35)27(22-11-7-5-8-12-22)23-13-9-6-10-14-23/h5-14,27H,4,15-21H2,1-3H3. The minimum atomic E-state index is -0.162. The van der Waals surface area contributed by atoms with Crippen molar-refractivity contribution in [1.82, 2.24) is 14.9 Å². The second kappa shape index (κ2) is 11.0. The van der Waals surface area contributed by atoms with Crippen molar-refractivity contribution in [3.63, 3.8) is 0 Å². The van der Waals surface area contributed by atoms with E-state index in [1.165, 1.54) is 27.0 Å². The molecule has 0 amide bonds. The first-order chi connectivity index (χ1) is 18.5. The lowest BCUT2D eigenvalue weighted by atomic mass is 9.94. The van der Waals surface area contributed by atoms with E-state index in [1.54, 1.807) is 23.1 Å².